The fraction of sp³-hybridized carbons (Fsp3) is 0.333. The van der Waals surface area contributed by atoms with Crippen molar-refractivity contribution in [2.24, 2.45) is 0 Å². The molecule has 0 aliphatic rings. The first kappa shape index (κ1) is 11.1. The van der Waals surface area contributed by atoms with Crippen molar-refractivity contribution in [1.82, 2.24) is 0 Å². The Labute approximate surface area is 85.8 Å². The lowest BCUT2D eigenvalue weighted by molar-refractivity contribution is -0.423. The average Bonchev–Trinajstić information content (AvgIpc) is 2.17. The van der Waals surface area contributed by atoms with Crippen LogP contribution in [-0.4, -0.2) is 9.85 Å². The van der Waals surface area contributed by atoms with Gasteiger partial charge in [-0.1, -0.05) is 25.5 Å². The summed E-state index contributed by atoms with van der Waals surface area (Å²) < 4.78 is 0. The molecular formula is C9H10N2O4. The molecule has 0 aliphatic carbocycles. The van der Waals surface area contributed by atoms with E-state index in [4.69, 9.17) is 0 Å². The van der Waals surface area contributed by atoms with Gasteiger partial charge in [0, 0.05) is 11.6 Å². The number of nitro benzene ring substituents is 2. The second-order valence-corrected chi connectivity index (χ2v) is 3.05. The van der Waals surface area contributed by atoms with Crippen LogP contribution in [0.2, 0.25) is 0 Å². The summed E-state index contributed by atoms with van der Waals surface area (Å²) in [7, 11) is 0. The third-order valence-corrected chi connectivity index (χ3v) is 2.00. The number of rotatable bonds is 4. The highest BCUT2D eigenvalue weighted by molar-refractivity contribution is 5.57. The van der Waals surface area contributed by atoms with Gasteiger partial charge in [0.25, 0.3) is 0 Å². The SMILES string of the molecule is CCCc1cccc([N+](=O)[O-])c1[N+](=O)[O-]. The summed E-state index contributed by atoms with van der Waals surface area (Å²) in [5.74, 6) is 0. The Morgan fingerprint density at radius 1 is 1.20 bits per heavy atom. The Kier molecular flexibility index (Phi) is 3.33. The number of hydrogen-bond donors (Lipinski definition) is 0. The number of aryl methyl sites for hydroxylation is 1. The lowest BCUT2D eigenvalue weighted by Crippen LogP contribution is -2.00. The Bertz CT molecular complexity index is 403. The molecule has 1 aromatic carbocycles. The molecule has 0 saturated heterocycles. The van der Waals surface area contributed by atoms with Crippen molar-refractivity contribution in [2.45, 2.75) is 19.8 Å². The smallest absolute Gasteiger partial charge is 0.258 e. The van der Waals surface area contributed by atoms with Gasteiger partial charge in [-0.3, -0.25) is 20.2 Å². The van der Waals surface area contributed by atoms with Crippen molar-refractivity contribution >= 4 is 11.4 Å². The largest absolute Gasteiger partial charge is 0.349 e. The van der Waals surface area contributed by atoms with Gasteiger partial charge in [0.05, 0.1) is 9.85 Å². The number of benzene rings is 1. The molecule has 1 aromatic rings. The minimum Gasteiger partial charge on any atom is -0.258 e. The average molecular weight is 210 g/mol. The van der Waals surface area contributed by atoms with E-state index in [1.165, 1.54) is 6.07 Å². The second kappa shape index (κ2) is 4.50. The van der Waals surface area contributed by atoms with Crippen LogP contribution in [0.25, 0.3) is 0 Å². The summed E-state index contributed by atoms with van der Waals surface area (Å²) in [6.45, 7) is 1.86. The van der Waals surface area contributed by atoms with Gasteiger partial charge in [-0.05, 0) is 6.42 Å². The monoisotopic (exact) mass is 210 g/mol. The van der Waals surface area contributed by atoms with Crippen LogP contribution in [0, 0.1) is 20.2 Å². The third kappa shape index (κ3) is 2.28. The van der Waals surface area contributed by atoms with Crippen molar-refractivity contribution in [3.05, 3.63) is 44.0 Å². The molecule has 15 heavy (non-hydrogen) atoms. The number of nitro groups is 2. The zero-order valence-corrected chi connectivity index (χ0v) is 8.17. The minimum atomic E-state index is -0.725. The maximum absolute atomic E-state index is 10.7. The van der Waals surface area contributed by atoms with Gasteiger partial charge < -0.3 is 0 Å². The van der Waals surface area contributed by atoms with Crippen molar-refractivity contribution in [3.63, 3.8) is 0 Å². The highest BCUT2D eigenvalue weighted by Crippen LogP contribution is 2.30. The van der Waals surface area contributed by atoms with E-state index in [2.05, 4.69) is 0 Å². The summed E-state index contributed by atoms with van der Waals surface area (Å²) >= 11 is 0. The quantitative estimate of drug-likeness (QED) is 0.564. The van der Waals surface area contributed by atoms with Gasteiger partial charge in [0.15, 0.2) is 0 Å². The summed E-state index contributed by atoms with van der Waals surface area (Å²) in [6, 6.07) is 4.17. The van der Waals surface area contributed by atoms with E-state index in [9.17, 15) is 20.2 Å². The summed E-state index contributed by atoms with van der Waals surface area (Å²) in [6.07, 6.45) is 1.18. The van der Waals surface area contributed by atoms with Gasteiger partial charge in [-0.15, -0.1) is 0 Å². The zero-order valence-electron chi connectivity index (χ0n) is 8.17. The normalized spacial score (nSPS) is 9.93. The van der Waals surface area contributed by atoms with Gasteiger partial charge in [-0.25, -0.2) is 0 Å². The molecule has 0 amide bonds. The maximum Gasteiger partial charge on any atom is 0.349 e. The summed E-state index contributed by atoms with van der Waals surface area (Å²) in [5, 5.41) is 21.3. The first-order valence-electron chi connectivity index (χ1n) is 4.48. The molecule has 1 rings (SSSR count). The van der Waals surface area contributed by atoms with Crippen LogP contribution in [0.15, 0.2) is 18.2 Å². The van der Waals surface area contributed by atoms with Crippen molar-refractivity contribution in [3.8, 4) is 0 Å². The number of hydrogen-bond acceptors (Lipinski definition) is 4. The van der Waals surface area contributed by atoms with E-state index in [1.54, 1.807) is 6.07 Å². The molecule has 80 valence electrons. The van der Waals surface area contributed by atoms with E-state index in [-0.39, 0.29) is 5.69 Å². The van der Waals surface area contributed by atoms with Gasteiger partial charge in [0.2, 0.25) is 0 Å². The molecule has 0 radical (unpaired) electrons. The minimum absolute atomic E-state index is 0.385. The Morgan fingerprint density at radius 3 is 2.33 bits per heavy atom. The lowest BCUT2D eigenvalue weighted by atomic mass is 10.1. The Morgan fingerprint density at radius 2 is 1.87 bits per heavy atom. The van der Waals surface area contributed by atoms with E-state index in [0.717, 1.165) is 6.07 Å². The maximum atomic E-state index is 10.7. The van der Waals surface area contributed by atoms with Gasteiger partial charge in [-0.2, -0.15) is 0 Å². The van der Waals surface area contributed by atoms with Crippen molar-refractivity contribution in [1.29, 1.82) is 0 Å². The van der Waals surface area contributed by atoms with Crippen LogP contribution >= 0.6 is 0 Å². The highest BCUT2D eigenvalue weighted by atomic mass is 16.6. The Balaban J connectivity index is 3.34. The molecule has 0 aromatic heterocycles. The van der Waals surface area contributed by atoms with E-state index >= 15 is 0 Å². The van der Waals surface area contributed by atoms with Crippen LogP contribution < -0.4 is 0 Å². The molecule has 6 nitrogen and oxygen atoms in total. The summed E-state index contributed by atoms with van der Waals surface area (Å²) in [5.41, 5.74) is -0.410. The van der Waals surface area contributed by atoms with Crippen LogP contribution in [0.5, 0.6) is 0 Å². The van der Waals surface area contributed by atoms with Crippen LogP contribution in [0.3, 0.4) is 0 Å². The van der Waals surface area contributed by atoms with E-state index < -0.39 is 15.5 Å². The molecule has 0 spiro atoms. The van der Waals surface area contributed by atoms with Crippen LogP contribution in [0.1, 0.15) is 18.9 Å². The molecule has 0 saturated carbocycles. The fourth-order valence-electron chi connectivity index (χ4n) is 1.41. The topological polar surface area (TPSA) is 86.3 Å². The number of nitrogens with zero attached hydrogens (tertiary/aromatic N) is 2. The Hall–Kier alpha value is -1.98. The first-order chi connectivity index (χ1) is 7.07. The van der Waals surface area contributed by atoms with Crippen LogP contribution in [0.4, 0.5) is 11.4 Å². The van der Waals surface area contributed by atoms with Crippen molar-refractivity contribution in [2.75, 3.05) is 0 Å². The van der Waals surface area contributed by atoms with E-state index in [0.29, 0.717) is 18.4 Å². The summed E-state index contributed by atoms with van der Waals surface area (Å²) in [4.78, 5) is 19.9. The van der Waals surface area contributed by atoms with E-state index in [1.807, 2.05) is 6.92 Å². The second-order valence-electron chi connectivity index (χ2n) is 3.05. The standard InChI is InChI=1S/C9H10N2O4/c1-2-4-7-5-3-6-8(10(12)13)9(7)11(14)15/h3,5-6H,2,4H2,1H3. The first-order valence-corrected chi connectivity index (χ1v) is 4.48. The molecule has 0 fully saturated rings. The zero-order chi connectivity index (χ0) is 11.4. The molecule has 0 heterocycles. The molecule has 0 unspecified atom stereocenters. The molecule has 0 N–H and O–H groups in total. The fourth-order valence-corrected chi connectivity index (χ4v) is 1.41. The van der Waals surface area contributed by atoms with Gasteiger partial charge >= 0.3 is 11.4 Å². The predicted molar refractivity (Wildman–Crippen MR) is 53.7 cm³/mol. The third-order valence-electron chi connectivity index (χ3n) is 2.00. The molecule has 0 atom stereocenters. The number of para-hydroxylation sites is 1. The van der Waals surface area contributed by atoms with Gasteiger partial charge in [0.1, 0.15) is 0 Å². The predicted octanol–water partition coefficient (Wildman–Crippen LogP) is 2.46. The lowest BCUT2D eigenvalue weighted by Gasteiger charge is -2.00. The van der Waals surface area contributed by atoms with Crippen molar-refractivity contribution < 1.29 is 9.85 Å². The van der Waals surface area contributed by atoms with Crippen LogP contribution in [-0.2, 0) is 6.42 Å². The molecule has 6 heteroatoms. The molecule has 0 bridgehead atoms. The molecular weight excluding hydrogens is 200 g/mol. The highest BCUT2D eigenvalue weighted by Gasteiger charge is 2.26. The molecule has 0 aliphatic heterocycles.